The molecule has 3 aromatic carbocycles. The SMILES string of the molecule is C[C@H](Oc1ccccc1)C(=O)Nc1ccc2nc(SCC(=O)Nc3ccccc3)sc2c1. The van der Waals surface area contributed by atoms with Crippen LogP contribution in [0.25, 0.3) is 10.2 Å². The third kappa shape index (κ3) is 5.87. The number of thiazole rings is 1. The van der Waals surface area contributed by atoms with Gasteiger partial charge in [0.15, 0.2) is 10.4 Å². The molecular formula is C24H21N3O3S2. The number of thioether (sulfide) groups is 1. The molecular weight excluding hydrogens is 442 g/mol. The van der Waals surface area contributed by atoms with Crippen LogP contribution in [-0.2, 0) is 9.59 Å². The first-order chi connectivity index (χ1) is 15.6. The number of amides is 2. The predicted molar refractivity (Wildman–Crippen MR) is 131 cm³/mol. The first-order valence-electron chi connectivity index (χ1n) is 9.98. The van der Waals surface area contributed by atoms with E-state index in [2.05, 4.69) is 15.6 Å². The topological polar surface area (TPSA) is 80.3 Å². The van der Waals surface area contributed by atoms with Crippen molar-refractivity contribution >= 4 is 56.5 Å². The second kappa shape index (κ2) is 10.3. The fraction of sp³-hybridized carbons (Fsp3) is 0.125. The van der Waals surface area contributed by atoms with E-state index in [9.17, 15) is 9.59 Å². The molecule has 2 N–H and O–H groups in total. The highest BCUT2D eigenvalue weighted by Gasteiger charge is 2.16. The Morgan fingerprint density at radius 1 is 0.969 bits per heavy atom. The number of benzene rings is 3. The number of rotatable bonds is 8. The number of para-hydroxylation sites is 2. The first-order valence-corrected chi connectivity index (χ1v) is 11.8. The fourth-order valence-corrected chi connectivity index (χ4v) is 4.80. The lowest BCUT2D eigenvalue weighted by Crippen LogP contribution is -2.30. The molecule has 0 aliphatic heterocycles. The maximum Gasteiger partial charge on any atom is 0.265 e. The maximum atomic E-state index is 12.5. The number of carbonyl (C=O) groups is 2. The molecule has 0 unspecified atom stereocenters. The predicted octanol–water partition coefficient (Wildman–Crippen LogP) is 5.43. The summed E-state index contributed by atoms with van der Waals surface area (Å²) in [6.45, 7) is 1.71. The average molecular weight is 464 g/mol. The molecule has 0 aliphatic rings. The van der Waals surface area contributed by atoms with Crippen molar-refractivity contribution in [1.29, 1.82) is 0 Å². The standard InChI is InChI=1S/C24H21N3O3S2/c1-16(30-19-10-6-3-7-11-19)23(29)26-18-12-13-20-21(14-18)32-24(27-20)31-15-22(28)25-17-8-4-2-5-9-17/h2-14,16H,15H2,1H3,(H,25,28)(H,26,29)/t16-/m0/s1. The summed E-state index contributed by atoms with van der Waals surface area (Å²) in [5.74, 6) is 0.601. The zero-order valence-corrected chi connectivity index (χ0v) is 18.9. The summed E-state index contributed by atoms with van der Waals surface area (Å²) < 4.78 is 7.41. The van der Waals surface area contributed by atoms with Crippen LogP contribution in [0.4, 0.5) is 11.4 Å². The number of anilines is 2. The lowest BCUT2D eigenvalue weighted by atomic mass is 10.2. The molecule has 2 amide bonds. The van der Waals surface area contributed by atoms with Crippen LogP contribution >= 0.6 is 23.1 Å². The van der Waals surface area contributed by atoms with Gasteiger partial charge in [0.1, 0.15) is 5.75 Å². The second-order valence-electron chi connectivity index (χ2n) is 6.93. The molecule has 6 nitrogen and oxygen atoms in total. The van der Waals surface area contributed by atoms with Crippen molar-refractivity contribution in [3.8, 4) is 5.75 Å². The second-order valence-corrected chi connectivity index (χ2v) is 9.18. The summed E-state index contributed by atoms with van der Waals surface area (Å²) in [5, 5.41) is 5.75. The Labute approximate surface area is 194 Å². The summed E-state index contributed by atoms with van der Waals surface area (Å²) in [5.41, 5.74) is 2.27. The number of nitrogens with one attached hydrogen (secondary N) is 2. The molecule has 0 saturated carbocycles. The highest BCUT2D eigenvalue weighted by atomic mass is 32.2. The van der Waals surface area contributed by atoms with Gasteiger partial charge in [-0.3, -0.25) is 9.59 Å². The number of hydrogen-bond donors (Lipinski definition) is 2. The van der Waals surface area contributed by atoms with E-state index in [1.165, 1.54) is 23.1 Å². The summed E-state index contributed by atoms with van der Waals surface area (Å²) in [6.07, 6.45) is -0.635. The first kappa shape index (κ1) is 21.9. The van der Waals surface area contributed by atoms with Crippen LogP contribution in [-0.4, -0.2) is 28.7 Å². The number of carbonyl (C=O) groups excluding carboxylic acids is 2. The van der Waals surface area contributed by atoms with E-state index in [1.807, 2.05) is 78.9 Å². The Hall–Kier alpha value is -3.36. The summed E-state index contributed by atoms with van der Waals surface area (Å²) in [7, 11) is 0. The van der Waals surface area contributed by atoms with Gasteiger partial charge in [0.05, 0.1) is 16.0 Å². The number of hydrogen-bond acceptors (Lipinski definition) is 6. The minimum atomic E-state index is -0.635. The molecule has 1 heterocycles. The van der Waals surface area contributed by atoms with Crippen molar-refractivity contribution in [2.45, 2.75) is 17.4 Å². The Morgan fingerprint density at radius 3 is 2.44 bits per heavy atom. The van der Waals surface area contributed by atoms with Crippen molar-refractivity contribution in [3.63, 3.8) is 0 Å². The van der Waals surface area contributed by atoms with Gasteiger partial charge in [0.2, 0.25) is 5.91 Å². The van der Waals surface area contributed by atoms with Gasteiger partial charge >= 0.3 is 0 Å². The van der Waals surface area contributed by atoms with Crippen molar-refractivity contribution in [2.24, 2.45) is 0 Å². The molecule has 0 bridgehead atoms. The molecule has 0 aliphatic carbocycles. The maximum absolute atomic E-state index is 12.5. The van der Waals surface area contributed by atoms with Crippen LogP contribution in [0.2, 0.25) is 0 Å². The molecule has 0 spiro atoms. The van der Waals surface area contributed by atoms with E-state index in [0.29, 0.717) is 11.4 Å². The Bertz CT molecular complexity index is 1210. The van der Waals surface area contributed by atoms with Crippen molar-refractivity contribution < 1.29 is 14.3 Å². The molecule has 0 radical (unpaired) electrons. The molecule has 0 fully saturated rings. The third-order valence-electron chi connectivity index (χ3n) is 4.45. The number of aromatic nitrogens is 1. The van der Waals surface area contributed by atoms with E-state index in [0.717, 1.165) is 20.2 Å². The molecule has 1 atom stereocenters. The Morgan fingerprint density at radius 2 is 1.69 bits per heavy atom. The van der Waals surface area contributed by atoms with Gasteiger partial charge in [0, 0.05) is 11.4 Å². The van der Waals surface area contributed by atoms with Crippen LogP contribution < -0.4 is 15.4 Å². The van der Waals surface area contributed by atoms with Crippen LogP contribution in [0.1, 0.15) is 6.92 Å². The van der Waals surface area contributed by atoms with Gasteiger partial charge in [-0.1, -0.05) is 48.2 Å². The zero-order valence-electron chi connectivity index (χ0n) is 17.3. The van der Waals surface area contributed by atoms with Crippen molar-refractivity contribution in [2.75, 3.05) is 16.4 Å². The highest BCUT2D eigenvalue weighted by molar-refractivity contribution is 8.01. The summed E-state index contributed by atoms with van der Waals surface area (Å²) >= 11 is 2.87. The quantitative estimate of drug-likeness (QED) is 0.341. The molecule has 8 heteroatoms. The minimum absolute atomic E-state index is 0.0826. The van der Waals surface area contributed by atoms with Crippen LogP contribution in [0.3, 0.4) is 0 Å². The summed E-state index contributed by atoms with van der Waals surface area (Å²) in [6, 6.07) is 24.1. The minimum Gasteiger partial charge on any atom is -0.481 e. The van der Waals surface area contributed by atoms with Crippen LogP contribution in [0.15, 0.2) is 83.2 Å². The smallest absolute Gasteiger partial charge is 0.265 e. The Kier molecular flexibility index (Phi) is 7.03. The van der Waals surface area contributed by atoms with E-state index in [4.69, 9.17) is 4.74 Å². The highest BCUT2D eigenvalue weighted by Crippen LogP contribution is 2.31. The summed E-state index contributed by atoms with van der Waals surface area (Å²) in [4.78, 5) is 29.2. The third-order valence-corrected chi connectivity index (χ3v) is 6.61. The number of nitrogens with zero attached hydrogens (tertiary/aromatic N) is 1. The van der Waals surface area contributed by atoms with Gasteiger partial charge in [-0.2, -0.15) is 0 Å². The van der Waals surface area contributed by atoms with Crippen molar-refractivity contribution in [3.05, 3.63) is 78.9 Å². The number of fused-ring (bicyclic) bond motifs is 1. The molecule has 32 heavy (non-hydrogen) atoms. The van der Waals surface area contributed by atoms with Gasteiger partial charge in [-0.25, -0.2) is 4.98 Å². The number of ether oxygens (including phenoxy) is 1. The van der Waals surface area contributed by atoms with Gasteiger partial charge in [-0.05, 0) is 49.4 Å². The van der Waals surface area contributed by atoms with E-state index in [-0.39, 0.29) is 17.6 Å². The monoisotopic (exact) mass is 463 g/mol. The molecule has 0 saturated heterocycles. The van der Waals surface area contributed by atoms with E-state index >= 15 is 0 Å². The Balaban J connectivity index is 1.34. The van der Waals surface area contributed by atoms with E-state index < -0.39 is 6.10 Å². The average Bonchev–Trinajstić information content (AvgIpc) is 3.21. The van der Waals surface area contributed by atoms with Gasteiger partial charge in [0.25, 0.3) is 5.91 Å². The fourth-order valence-electron chi connectivity index (χ4n) is 2.89. The lowest BCUT2D eigenvalue weighted by Gasteiger charge is -2.14. The van der Waals surface area contributed by atoms with Crippen molar-refractivity contribution in [1.82, 2.24) is 4.98 Å². The lowest BCUT2D eigenvalue weighted by molar-refractivity contribution is -0.122. The van der Waals surface area contributed by atoms with Crippen LogP contribution in [0.5, 0.6) is 5.75 Å². The van der Waals surface area contributed by atoms with Gasteiger partial charge < -0.3 is 15.4 Å². The van der Waals surface area contributed by atoms with E-state index in [1.54, 1.807) is 6.92 Å². The molecule has 4 rings (SSSR count). The molecule has 4 aromatic rings. The molecule has 162 valence electrons. The normalized spacial score (nSPS) is 11.7. The van der Waals surface area contributed by atoms with Crippen LogP contribution in [0, 0.1) is 0 Å². The van der Waals surface area contributed by atoms with Gasteiger partial charge in [-0.15, -0.1) is 11.3 Å². The largest absolute Gasteiger partial charge is 0.481 e. The zero-order chi connectivity index (χ0) is 22.3. The molecule has 1 aromatic heterocycles.